The Morgan fingerprint density at radius 1 is 1.17 bits per heavy atom. The van der Waals surface area contributed by atoms with Crippen LogP contribution in [0.4, 0.5) is 15.8 Å². The van der Waals surface area contributed by atoms with Crippen molar-refractivity contribution in [3.63, 3.8) is 0 Å². The Morgan fingerprint density at radius 2 is 1.89 bits per heavy atom. The third-order valence-corrected chi connectivity index (χ3v) is 2.69. The molecule has 0 saturated heterocycles. The summed E-state index contributed by atoms with van der Waals surface area (Å²) in [6, 6.07) is 13.4. The van der Waals surface area contributed by atoms with Crippen LogP contribution in [0, 0.1) is 5.82 Å². The summed E-state index contributed by atoms with van der Waals surface area (Å²) in [7, 11) is 0. The number of hydrogen-bond acceptors (Lipinski definition) is 3. The molecule has 3 nitrogen and oxygen atoms in total. The lowest BCUT2D eigenvalue weighted by Gasteiger charge is -2.14. The average Bonchev–Trinajstić information content (AvgIpc) is 2.40. The topological polar surface area (TPSA) is 58.3 Å². The van der Waals surface area contributed by atoms with E-state index in [-0.39, 0.29) is 12.4 Å². The molecule has 0 aliphatic carbocycles. The molecule has 2 rings (SSSR count). The molecule has 0 saturated carbocycles. The van der Waals surface area contributed by atoms with E-state index in [1.807, 2.05) is 30.3 Å². The molecule has 4 N–H and O–H groups in total. The summed E-state index contributed by atoms with van der Waals surface area (Å²) >= 11 is 0. The Balaban J connectivity index is 2.01. The SMILES string of the molecule is Nc1ccc(F)cc1NCC(O)c1ccccc1. The van der Waals surface area contributed by atoms with Crippen molar-refractivity contribution in [3.05, 3.63) is 59.9 Å². The number of halogens is 1. The molecule has 0 amide bonds. The van der Waals surface area contributed by atoms with Gasteiger partial charge in [0.25, 0.3) is 0 Å². The van der Waals surface area contributed by atoms with Gasteiger partial charge in [-0.25, -0.2) is 4.39 Å². The number of hydrogen-bond donors (Lipinski definition) is 3. The van der Waals surface area contributed by atoms with Crippen molar-refractivity contribution in [1.29, 1.82) is 0 Å². The lowest BCUT2D eigenvalue weighted by Crippen LogP contribution is -2.13. The molecular formula is C14H15FN2O. The number of anilines is 2. The fourth-order valence-corrected chi connectivity index (χ4v) is 1.68. The molecule has 0 radical (unpaired) electrons. The maximum atomic E-state index is 13.0. The molecule has 2 aromatic carbocycles. The van der Waals surface area contributed by atoms with Gasteiger partial charge in [-0.3, -0.25) is 0 Å². The second kappa shape index (κ2) is 5.51. The Labute approximate surface area is 105 Å². The van der Waals surface area contributed by atoms with E-state index in [1.54, 1.807) is 0 Å². The van der Waals surface area contributed by atoms with Crippen molar-refractivity contribution < 1.29 is 9.50 Å². The van der Waals surface area contributed by atoms with E-state index in [0.717, 1.165) is 5.56 Å². The summed E-state index contributed by atoms with van der Waals surface area (Å²) in [6.45, 7) is 0.275. The number of nitrogens with one attached hydrogen (secondary N) is 1. The zero-order valence-corrected chi connectivity index (χ0v) is 9.81. The summed E-state index contributed by atoms with van der Waals surface area (Å²) in [5.74, 6) is -0.360. The highest BCUT2D eigenvalue weighted by molar-refractivity contribution is 5.65. The van der Waals surface area contributed by atoms with Crippen LogP contribution in [0.3, 0.4) is 0 Å². The van der Waals surface area contributed by atoms with Crippen molar-refractivity contribution >= 4 is 11.4 Å². The summed E-state index contributed by atoms with van der Waals surface area (Å²) in [5.41, 5.74) is 7.46. The number of aliphatic hydroxyl groups is 1. The van der Waals surface area contributed by atoms with E-state index < -0.39 is 6.10 Å². The van der Waals surface area contributed by atoms with E-state index in [1.165, 1.54) is 18.2 Å². The monoisotopic (exact) mass is 246 g/mol. The van der Waals surface area contributed by atoms with E-state index in [0.29, 0.717) is 11.4 Å². The van der Waals surface area contributed by atoms with Crippen LogP contribution >= 0.6 is 0 Å². The van der Waals surface area contributed by atoms with Crippen molar-refractivity contribution in [1.82, 2.24) is 0 Å². The van der Waals surface area contributed by atoms with E-state index in [9.17, 15) is 9.50 Å². The van der Waals surface area contributed by atoms with Crippen LogP contribution < -0.4 is 11.1 Å². The third-order valence-electron chi connectivity index (χ3n) is 2.69. The number of nitrogens with two attached hydrogens (primary N) is 1. The van der Waals surface area contributed by atoms with Gasteiger partial charge >= 0.3 is 0 Å². The second-order valence-corrected chi connectivity index (χ2v) is 4.04. The summed E-state index contributed by atoms with van der Waals surface area (Å²) < 4.78 is 13.0. The molecule has 18 heavy (non-hydrogen) atoms. The minimum atomic E-state index is -0.658. The molecule has 0 aliphatic rings. The lowest BCUT2D eigenvalue weighted by molar-refractivity contribution is 0.191. The van der Waals surface area contributed by atoms with Crippen molar-refractivity contribution in [2.45, 2.75) is 6.10 Å². The Morgan fingerprint density at radius 3 is 2.61 bits per heavy atom. The van der Waals surface area contributed by atoms with Crippen molar-refractivity contribution in [2.75, 3.05) is 17.6 Å². The van der Waals surface area contributed by atoms with Gasteiger partial charge in [0.05, 0.1) is 17.5 Å². The maximum absolute atomic E-state index is 13.0. The molecule has 94 valence electrons. The Hall–Kier alpha value is -2.07. The molecular weight excluding hydrogens is 231 g/mol. The predicted molar refractivity (Wildman–Crippen MR) is 70.7 cm³/mol. The van der Waals surface area contributed by atoms with Crippen LogP contribution in [0.1, 0.15) is 11.7 Å². The molecule has 2 aromatic rings. The Bertz CT molecular complexity index is 516. The summed E-state index contributed by atoms with van der Waals surface area (Å²) in [4.78, 5) is 0. The molecule has 0 heterocycles. The van der Waals surface area contributed by atoms with Crippen LogP contribution in [0.2, 0.25) is 0 Å². The first-order valence-electron chi connectivity index (χ1n) is 5.69. The highest BCUT2D eigenvalue weighted by Crippen LogP contribution is 2.20. The van der Waals surface area contributed by atoms with E-state index in [4.69, 9.17) is 5.73 Å². The van der Waals surface area contributed by atoms with Gasteiger partial charge in [-0.15, -0.1) is 0 Å². The largest absolute Gasteiger partial charge is 0.397 e. The molecule has 1 unspecified atom stereocenters. The van der Waals surface area contributed by atoms with Gasteiger partial charge in [0, 0.05) is 6.54 Å². The fraction of sp³-hybridized carbons (Fsp3) is 0.143. The van der Waals surface area contributed by atoms with Crippen molar-refractivity contribution in [3.8, 4) is 0 Å². The van der Waals surface area contributed by atoms with Crippen LogP contribution in [0.25, 0.3) is 0 Å². The van der Waals surface area contributed by atoms with Crippen LogP contribution in [0.5, 0.6) is 0 Å². The second-order valence-electron chi connectivity index (χ2n) is 4.04. The van der Waals surface area contributed by atoms with Crippen LogP contribution in [0.15, 0.2) is 48.5 Å². The van der Waals surface area contributed by atoms with Crippen LogP contribution in [-0.4, -0.2) is 11.7 Å². The number of rotatable bonds is 4. The van der Waals surface area contributed by atoms with Gasteiger partial charge in [-0.2, -0.15) is 0 Å². The summed E-state index contributed by atoms with van der Waals surface area (Å²) in [5, 5.41) is 12.9. The zero-order chi connectivity index (χ0) is 13.0. The highest BCUT2D eigenvalue weighted by Gasteiger charge is 2.07. The van der Waals surface area contributed by atoms with E-state index >= 15 is 0 Å². The van der Waals surface area contributed by atoms with Gasteiger partial charge in [0.1, 0.15) is 5.82 Å². The number of nitrogen functional groups attached to an aromatic ring is 1. The molecule has 4 heteroatoms. The minimum absolute atomic E-state index is 0.275. The third kappa shape index (κ3) is 2.99. The predicted octanol–water partition coefficient (Wildman–Crippen LogP) is 2.55. The number of benzene rings is 2. The molecule has 0 aromatic heterocycles. The first-order chi connectivity index (χ1) is 8.66. The standard InChI is InChI=1S/C14H15FN2O/c15-11-6-7-12(16)13(8-11)17-9-14(18)10-4-2-1-3-5-10/h1-8,14,17-18H,9,16H2. The molecule has 0 fully saturated rings. The average molecular weight is 246 g/mol. The minimum Gasteiger partial charge on any atom is -0.397 e. The molecule has 0 spiro atoms. The van der Waals surface area contributed by atoms with Crippen LogP contribution in [-0.2, 0) is 0 Å². The normalized spacial score (nSPS) is 12.1. The van der Waals surface area contributed by atoms with Gasteiger partial charge in [-0.1, -0.05) is 30.3 Å². The van der Waals surface area contributed by atoms with Gasteiger partial charge in [0.15, 0.2) is 0 Å². The number of aliphatic hydroxyl groups excluding tert-OH is 1. The summed E-state index contributed by atoms with van der Waals surface area (Å²) in [6.07, 6.45) is -0.658. The molecule has 1 atom stereocenters. The molecule has 0 aliphatic heterocycles. The smallest absolute Gasteiger partial charge is 0.125 e. The first-order valence-corrected chi connectivity index (χ1v) is 5.69. The zero-order valence-electron chi connectivity index (χ0n) is 9.81. The van der Waals surface area contributed by atoms with Gasteiger partial charge in [0.2, 0.25) is 0 Å². The highest BCUT2D eigenvalue weighted by atomic mass is 19.1. The molecule has 0 bridgehead atoms. The van der Waals surface area contributed by atoms with Crippen molar-refractivity contribution in [2.24, 2.45) is 0 Å². The quantitative estimate of drug-likeness (QED) is 0.727. The Kier molecular flexibility index (Phi) is 3.79. The van der Waals surface area contributed by atoms with Gasteiger partial charge in [-0.05, 0) is 23.8 Å². The lowest BCUT2D eigenvalue weighted by atomic mass is 10.1. The van der Waals surface area contributed by atoms with E-state index in [2.05, 4.69) is 5.32 Å². The first kappa shape index (κ1) is 12.4. The fourth-order valence-electron chi connectivity index (χ4n) is 1.68. The maximum Gasteiger partial charge on any atom is 0.125 e. The van der Waals surface area contributed by atoms with Gasteiger partial charge < -0.3 is 16.2 Å².